The van der Waals surface area contributed by atoms with Crippen LogP contribution < -0.4 is 10.1 Å². The van der Waals surface area contributed by atoms with Crippen LogP contribution in [0.25, 0.3) is 0 Å². The lowest BCUT2D eigenvalue weighted by Gasteiger charge is -2.40. The normalized spacial score (nSPS) is 21.3. The fraction of sp³-hybridized carbons (Fsp3) is 0.652. The number of hydrogen-bond acceptors (Lipinski definition) is 6. The molecule has 1 amide bonds. The highest BCUT2D eigenvalue weighted by Crippen LogP contribution is 2.36. The Labute approximate surface area is 193 Å². The second-order valence-corrected chi connectivity index (χ2v) is 10.4. The van der Waals surface area contributed by atoms with Gasteiger partial charge in [0.25, 0.3) is 0 Å². The van der Waals surface area contributed by atoms with E-state index >= 15 is 0 Å². The average Bonchev–Trinajstić information content (AvgIpc) is 2.67. The van der Waals surface area contributed by atoms with Crippen molar-refractivity contribution in [3.05, 3.63) is 22.2 Å². The van der Waals surface area contributed by atoms with Crippen molar-refractivity contribution < 1.29 is 19.0 Å². The van der Waals surface area contributed by atoms with Crippen LogP contribution in [0.15, 0.2) is 16.6 Å². The minimum atomic E-state index is -0.505. The van der Waals surface area contributed by atoms with Crippen LogP contribution in [0, 0.1) is 5.41 Å². The number of halogens is 1. The first-order valence-corrected chi connectivity index (χ1v) is 11.8. The third-order valence-corrected chi connectivity index (χ3v) is 6.03. The number of anilines is 1. The summed E-state index contributed by atoms with van der Waals surface area (Å²) in [6.07, 6.45) is 5.51. The quantitative estimate of drug-likeness (QED) is 0.522. The minimum Gasteiger partial charge on any atom is -0.487 e. The Morgan fingerprint density at radius 2 is 2.03 bits per heavy atom. The molecule has 1 aromatic carbocycles. The molecule has 2 fully saturated rings. The fourth-order valence-electron chi connectivity index (χ4n) is 3.83. The molecule has 0 spiro atoms. The molecule has 0 bridgehead atoms. The Morgan fingerprint density at radius 1 is 1.32 bits per heavy atom. The molecule has 8 heteroatoms. The van der Waals surface area contributed by atoms with Gasteiger partial charge in [0.1, 0.15) is 23.2 Å². The average molecular weight is 496 g/mol. The summed E-state index contributed by atoms with van der Waals surface area (Å²) >= 11 is 3.57. The van der Waals surface area contributed by atoms with E-state index in [0.717, 1.165) is 36.0 Å². The van der Waals surface area contributed by atoms with Crippen LogP contribution in [-0.4, -0.2) is 54.3 Å². The van der Waals surface area contributed by atoms with E-state index in [0.29, 0.717) is 37.2 Å². The second kappa shape index (κ2) is 9.77. The van der Waals surface area contributed by atoms with Gasteiger partial charge >= 0.3 is 6.09 Å². The van der Waals surface area contributed by atoms with Gasteiger partial charge in [0.15, 0.2) is 0 Å². The Balaban J connectivity index is 1.70. The van der Waals surface area contributed by atoms with E-state index in [2.05, 4.69) is 28.2 Å². The lowest BCUT2D eigenvalue weighted by molar-refractivity contribution is -0.00986. The molecule has 0 radical (unpaired) electrons. The predicted octanol–water partition coefficient (Wildman–Crippen LogP) is 5.55. The molecule has 2 heterocycles. The number of nitrogens with one attached hydrogen (secondary N) is 2. The monoisotopic (exact) mass is 495 g/mol. The van der Waals surface area contributed by atoms with Gasteiger partial charge in [-0.15, -0.1) is 0 Å². The largest absolute Gasteiger partial charge is 0.487 e. The summed E-state index contributed by atoms with van der Waals surface area (Å²) in [5.74, 6) is 0.649. The van der Waals surface area contributed by atoms with E-state index in [1.807, 2.05) is 32.9 Å². The lowest BCUT2D eigenvalue weighted by atomic mass is 9.93. The molecule has 1 unspecified atom stereocenters. The standard InChI is InChI=1S/C23H34BrN3O4/c1-22(2,3)31-21(28)27-10-8-23(4,9-11-27)30-19-14-16(24)13-18(17(19)15-25)26-20-7-5-6-12-29-20/h13-15,20,25-26H,5-12H2,1-4H3. The maximum Gasteiger partial charge on any atom is 0.410 e. The summed E-state index contributed by atoms with van der Waals surface area (Å²) in [4.78, 5) is 14.1. The molecule has 1 atom stereocenters. The number of carbonyl (C=O) groups excluding carboxylic acids is 1. The number of ether oxygens (including phenoxy) is 3. The summed E-state index contributed by atoms with van der Waals surface area (Å²) in [6, 6.07) is 3.86. The maximum atomic E-state index is 12.4. The molecule has 0 aliphatic carbocycles. The summed E-state index contributed by atoms with van der Waals surface area (Å²) in [6.45, 7) is 9.57. The molecule has 0 saturated carbocycles. The first-order chi connectivity index (χ1) is 14.6. The van der Waals surface area contributed by atoms with Gasteiger partial charge in [0.05, 0.1) is 5.56 Å². The molecular formula is C23H34BrN3O4. The molecule has 3 rings (SSSR count). The molecule has 2 N–H and O–H groups in total. The first-order valence-electron chi connectivity index (χ1n) is 11.0. The van der Waals surface area contributed by atoms with Crippen molar-refractivity contribution in [2.45, 2.75) is 77.2 Å². The van der Waals surface area contributed by atoms with Crippen LogP contribution in [0.1, 0.15) is 65.4 Å². The Bertz CT molecular complexity index is 795. The predicted molar refractivity (Wildman–Crippen MR) is 125 cm³/mol. The SMILES string of the molecule is CC(C)(C)OC(=O)N1CCC(C)(Oc2cc(Br)cc(NC3CCCCO3)c2C=N)CC1. The van der Waals surface area contributed by atoms with Crippen molar-refractivity contribution in [3.63, 3.8) is 0 Å². The number of nitrogens with zero attached hydrogens (tertiary/aromatic N) is 1. The number of hydrogen-bond donors (Lipinski definition) is 2. The van der Waals surface area contributed by atoms with Gasteiger partial charge in [0.2, 0.25) is 0 Å². The molecule has 2 aliphatic rings. The smallest absolute Gasteiger partial charge is 0.410 e. The van der Waals surface area contributed by atoms with Crippen LogP contribution >= 0.6 is 15.9 Å². The zero-order valence-electron chi connectivity index (χ0n) is 18.9. The van der Waals surface area contributed by atoms with Gasteiger partial charge in [-0.1, -0.05) is 15.9 Å². The lowest BCUT2D eigenvalue weighted by Crippen LogP contribution is -2.49. The number of likely N-dealkylation sites (tertiary alicyclic amines) is 1. The molecule has 172 valence electrons. The molecule has 7 nitrogen and oxygen atoms in total. The molecule has 2 aliphatic heterocycles. The summed E-state index contributed by atoms with van der Waals surface area (Å²) < 4.78 is 18.6. The minimum absolute atomic E-state index is 0.0535. The van der Waals surface area contributed by atoms with E-state index in [1.54, 1.807) is 4.90 Å². The molecule has 0 aromatic heterocycles. The van der Waals surface area contributed by atoms with E-state index in [4.69, 9.17) is 19.6 Å². The van der Waals surface area contributed by atoms with Crippen LogP contribution in [-0.2, 0) is 9.47 Å². The highest BCUT2D eigenvalue weighted by atomic mass is 79.9. The first kappa shape index (κ1) is 23.9. The Hall–Kier alpha value is -1.80. The topological polar surface area (TPSA) is 83.9 Å². The van der Waals surface area contributed by atoms with Crippen LogP contribution in [0.3, 0.4) is 0 Å². The van der Waals surface area contributed by atoms with Crippen LogP contribution in [0.4, 0.5) is 10.5 Å². The summed E-state index contributed by atoms with van der Waals surface area (Å²) in [7, 11) is 0. The van der Waals surface area contributed by atoms with Crippen molar-refractivity contribution in [3.8, 4) is 5.75 Å². The number of carbonyl (C=O) groups is 1. The van der Waals surface area contributed by atoms with Gasteiger partial charge in [-0.05, 0) is 59.1 Å². The van der Waals surface area contributed by atoms with Crippen molar-refractivity contribution in [1.82, 2.24) is 4.90 Å². The van der Waals surface area contributed by atoms with Crippen molar-refractivity contribution in [2.75, 3.05) is 25.0 Å². The van der Waals surface area contributed by atoms with Crippen LogP contribution in [0.2, 0.25) is 0 Å². The zero-order valence-corrected chi connectivity index (χ0v) is 20.5. The Kier molecular flexibility index (Phi) is 7.52. The molecule has 1 aromatic rings. The summed E-state index contributed by atoms with van der Waals surface area (Å²) in [5.41, 5.74) is 0.583. The number of benzene rings is 1. The van der Waals surface area contributed by atoms with E-state index in [9.17, 15) is 4.79 Å². The highest BCUT2D eigenvalue weighted by Gasteiger charge is 2.36. The van der Waals surface area contributed by atoms with E-state index in [1.165, 1.54) is 6.21 Å². The molecule has 31 heavy (non-hydrogen) atoms. The third kappa shape index (κ3) is 6.59. The Morgan fingerprint density at radius 3 is 2.61 bits per heavy atom. The van der Waals surface area contributed by atoms with E-state index < -0.39 is 11.2 Å². The number of rotatable bonds is 5. The molecule has 2 saturated heterocycles. The van der Waals surface area contributed by atoms with Gasteiger partial charge < -0.3 is 29.8 Å². The zero-order chi connectivity index (χ0) is 22.6. The van der Waals surface area contributed by atoms with Gasteiger partial charge in [-0.2, -0.15) is 0 Å². The van der Waals surface area contributed by atoms with Gasteiger partial charge in [0, 0.05) is 48.9 Å². The van der Waals surface area contributed by atoms with Crippen LogP contribution in [0.5, 0.6) is 5.75 Å². The van der Waals surface area contributed by atoms with Gasteiger partial charge in [-0.25, -0.2) is 4.79 Å². The summed E-state index contributed by atoms with van der Waals surface area (Å²) in [5, 5.41) is 11.4. The highest BCUT2D eigenvalue weighted by molar-refractivity contribution is 9.10. The van der Waals surface area contributed by atoms with E-state index in [-0.39, 0.29) is 12.3 Å². The number of piperidine rings is 1. The number of amides is 1. The fourth-order valence-corrected chi connectivity index (χ4v) is 4.27. The van der Waals surface area contributed by atoms with Crippen molar-refractivity contribution in [1.29, 1.82) is 5.41 Å². The van der Waals surface area contributed by atoms with Crippen molar-refractivity contribution >= 4 is 33.9 Å². The second-order valence-electron chi connectivity index (χ2n) is 9.53. The van der Waals surface area contributed by atoms with Gasteiger partial charge in [-0.3, -0.25) is 0 Å². The maximum absolute atomic E-state index is 12.4. The third-order valence-electron chi connectivity index (χ3n) is 5.58. The van der Waals surface area contributed by atoms with Crippen molar-refractivity contribution in [2.24, 2.45) is 0 Å². The molecular weight excluding hydrogens is 462 g/mol.